The third-order valence-corrected chi connectivity index (χ3v) is 6.11. The molecule has 2 aromatic rings. The molecule has 0 atom stereocenters. The van der Waals surface area contributed by atoms with E-state index in [2.05, 4.69) is 10.3 Å². The van der Waals surface area contributed by atoms with Gasteiger partial charge in [0.15, 0.2) is 0 Å². The third kappa shape index (κ3) is 4.23. The van der Waals surface area contributed by atoms with Crippen molar-refractivity contribution in [1.29, 1.82) is 0 Å². The first-order valence-corrected chi connectivity index (χ1v) is 10.3. The number of benzene rings is 1. The standard InChI is InChI=1S/C22H26N4O3/c27-15-25-11-13-26(14-12-25)22(29)18-8-6-17(7-9-18)21(28)24-19-5-1-3-16-4-2-10-23-20(16)19/h1-5,10,15,17-18H,6-9,11-14H2,(H,24,28). The van der Waals surface area contributed by atoms with Crippen molar-refractivity contribution in [3.63, 3.8) is 0 Å². The van der Waals surface area contributed by atoms with Gasteiger partial charge in [-0.3, -0.25) is 19.4 Å². The monoisotopic (exact) mass is 394 g/mol. The first-order valence-electron chi connectivity index (χ1n) is 10.3. The van der Waals surface area contributed by atoms with Gasteiger partial charge in [0.25, 0.3) is 0 Å². The fourth-order valence-corrected chi connectivity index (χ4v) is 4.35. The Morgan fingerprint density at radius 3 is 2.38 bits per heavy atom. The zero-order valence-electron chi connectivity index (χ0n) is 16.4. The van der Waals surface area contributed by atoms with Gasteiger partial charge in [0.1, 0.15) is 0 Å². The quantitative estimate of drug-likeness (QED) is 0.807. The second-order valence-electron chi connectivity index (χ2n) is 7.89. The molecule has 7 heteroatoms. The van der Waals surface area contributed by atoms with Crippen molar-refractivity contribution in [2.75, 3.05) is 31.5 Å². The van der Waals surface area contributed by atoms with Gasteiger partial charge in [-0.05, 0) is 37.8 Å². The van der Waals surface area contributed by atoms with E-state index in [1.807, 2.05) is 35.2 Å². The molecular weight excluding hydrogens is 368 g/mol. The predicted octanol–water partition coefficient (Wildman–Crippen LogP) is 2.28. The molecule has 3 amide bonds. The maximum atomic E-state index is 12.8. The molecule has 1 N–H and O–H groups in total. The van der Waals surface area contributed by atoms with E-state index in [1.165, 1.54) is 0 Å². The summed E-state index contributed by atoms with van der Waals surface area (Å²) >= 11 is 0. The number of carbonyl (C=O) groups is 3. The Hall–Kier alpha value is -2.96. The van der Waals surface area contributed by atoms with Gasteiger partial charge >= 0.3 is 0 Å². The highest BCUT2D eigenvalue weighted by atomic mass is 16.2. The Balaban J connectivity index is 1.32. The zero-order chi connectivity index (χ0) is 20.2. The van der Waals surface area contributed by atoms with Gasteiger partial charge in [-0.1, -0.05) is 18.2 Å². The number of nitrogens with zero attached hydrogens (tertiary/aromatic N) is 3. The van der Waals surface area contributed by atoms with E-state index >= 15 is 0 Å². The van der Waals surface area contributed by atoms with Crippen molar-refractivity contribution in [2.24, 2.45) is 11.8 Å². The van der Waals surface area contributed by atoms with Crippen LogP contribution in [-0.4, -0.2) is 59.2 Å². The van der Waals surface area contributed by atoms with Crippen LogP contribution in [0.2, 0.25) is 0 Å². The van der Waals surface area contributed by atoms with Gasteiger partial charge in [-0.15, -0.1) is 0 Å². The molecular formula is C22H26N4O3. The number of aromatic nitrogens is 1. The maximum absolute atomic E-state index is 12.8. The highest BCUT2D eigenvalue weighted by Crippen LogP contribution is 2.32. The molecule has 1 aliphatic carbocycles. The summed E-state index contributed by atoms with van der Waals surface area (Å²) in [6.07, 6.45) is 5.47. The molecule has 1 aromatic heterocycles. The lowest BCUT2D eigenvalue weighted by molar-refractivity contribution is -0.140. The average molecular weight is 394 g/mol. The largest absolute Gasteiger partial charge is 0.342 e. The van der Waals surface area contributed by atoms with Gasteiger partial charge in [-0.2, -0.15) is 0 Å². The number of para-hydroxylation sites is 1. The number of amides is 3. The molecule has 0 spiro atoms. The minimum absolute atomic E-state index is 0.00801. The summed E-state index contributed by atoms with van der Waals surface area (Å²) in [6, 6.07) is 9.62. The lowest BCUT2D eigenvalue weighted by Gasteiger charge is -2.36. The number of pyridine rings is 1. The van der Waals surface area contributed by atoms with Crippen LogP contribution in [0.5, 0.6) is 0 Å². The number of fused-ring (bicyclic) bond motifs is 1. The van der Waals surface area contributed by atoms with Crippen LogP contribution in [0.15, 0.2) is 36.5 Å². The minimum atomic E-state index is -0.0788. The van der Waals surface area contributed by atoms with Crippen LogP contribution in [0.3, 0.4) is 0 Å². The molecule has 152 valence electrons. The van der Waals surface area contributed by atoms with E-state index in [1.54, 1.807) is 11.1 Å². The van der Waals surface area contributed by atoms with Crippen molar-refractivity contribution in [1.82, 2.24) is 14.8 Å². The number of rotatable bonds is 4. The van der Waals surface area contributed by atoms with E-state index in [-0.39, 0.29) is 23.7 Å². The Kier molecular flexibility index (Phi) is 5.74. The van der Waals surface area contributed by atoms with Gasteiger partial charge in [0.05, 0.1) is 11.2 Å². The predicted molar refractivity (Wildman–Crippen MR) is 110 cm³/mol. The molecule has 2 aliphatic rings. The molecule has 7 nitrogen and oxygen atoms in total. The Labute approximate surface area is 170 Å². The number of carbonyl (C=O) groups excluding carboxylic acids is 3. The summed E-state index contributed by atoms with van der Waals surface area (Å²) in [7, 11) is 0. The molecule has 1 aliphatic heterocycles. The number of hydrogen-bond donors (Lipinski definition) is 1. The van der Waals surface area contributed by atoms with Crippen LogP contribution < -0.4 is 5.32 Å². The van der Waals surface area contributed by atoms with Crippen molar-refractivity contribution in [2.45, 2.75) is 25.7 Å². The summed E-state index contributed by atoms with van der Waals surface area (Å²) in [6.45, 7) is 2.41. The highest BCUT2D eigenvalue weighted by molar-refractivity contribution is 6.01. The molecule has 0 radical (unpaired) electrons. The molecule has 2 fully saturated rings. The van der Waals surface area contributed by atoms with Crippen molar-refractivity contribution in [3.8, 4) is 0 Å². The van der Waals surface area contributed by atoms with E-state index in [0.717, 1.165) is 48.7 Å². The molecule has 29 heavy (non-hydrogen) atoms. The van der Waals surface area contributed by atoms with Gasteiger partial charge in [0, 0.05) is 49.6 Å². The SMILES string of the molecule is O=CN1CCN(C(=O)C2CCC(C(=O)Nc3cccc4cccnc34)CC2)CC1. The fraction of sp³-hybridized carbons (Fsp3) is 0.455. The summed E-state index contributed by atoms with van der Waals surface area (Å²) in [5.41, 5.74) is 1.53. The average Bonchev–Trinajstić information content (AvgIpc) is 2.79. The summed E-state index contributed by atoms with van der Waals surface area (Å²) in [4.78, 5) is 44.3. The first-order chi connectivity index (χ1) is 14.2. The smallest absolute Gasteiger partial charge is 0.227 e. The van der Waals surface area contributed by atoms with Crippen molar-refractivity contribution in [3.05, 3.63) is 36.5 Å². The summed E-state index contributed by atoms with van der Waals surface area (Å²) in [5.74, 6) is 0.0901. The summed E-state index contributed by atoms with van der Waals surface area (Å²) < 4.78 is 0. The molecule has 0 bridgehead atoms. The molecule has 4 rings (SSSR count). The van der Waals surface area contributed by atoms with Crippen LogP contribution in [-0.2, 0) is 14.4 Å². The van der Waals surface area contributed by atoms with Crippen LogP contribution in [0.4, 0.5) is 5.69 Å². The van der Waals surface area contributed by atoms with Crippen LogP contribution in [0, 0.1) is 11.8 Å². The number of piperazine rings is 1. The normalized spacial score (nSPS) is 22.3. The third-order valence-electron chi connectivity index (χ3n) is 6.11. The van der Waals surface area contributed by atoms with Gasteiger partial charge < -0.3 is 15.1 Å². The van der Waals surface area contributed by atoms with E-state index in [9.17, 15) is 14.4 Å². The topological polar surface area (TPSA) is 82.6 Å². The van der Waals surface area contributed by atoms with Crippen LogP contribution in [0.25, 0.3) is 10.9 Å². The number of nitrogens with one attached hydrogen (secondary N) is 1. The van der Waals surface area contributed by atoms with Gasteiger partial charge in [0.2, 0.25) is 18.2 Å². The van der Waals surface area contributed by atoms with E-state index < -0.39 is 0 Å². The Bertz CT molecular complexity index is 895. The maximum Gasteiger partial charge on any atom is 0.227 e. The Morgan fingerprint density at radius 1 is 0.966 bits per heavy atom. The second kappa shape index (κ2) is 8.59. The fourth-order valence-electron chi connectivity index (χ4n) is 4.35. The molecule has 1 saturated heterocycles. The molecule has 1 aromatic carbocycles. The molecule has 0 unspecified atom stereocenters. The number of hydrogen-bond acceptors (Lipinski definition) is 4. The first kappa shape index (κ1) is 19.4. The van der Waals surface area contributed by atoms with E-state index in [4.69, 9.17) is 0 Å². The lowest BCUT2D eigenvalue weighted by atomic mass is 9.80. The Morgan fingerprint density at radius 2 is 1.66 bits per heavy atom. The zero-order valence-corrected chi connectivity index (χ0v) is 16.4. The number of anilines is 1. The lowest BCUT2D eigenvalue weighted by Crippen LogP contribution is -2.50. The summed E-state index contributed by atoms with van der Waals surface area (Å²) in [5, 5.41) is 4.03. The van der Waals surface area contributed by atoms with E-state index in [0.29, 0.717) is 26.2 Å². The van der Waals surface area contributed by atoms with Crippen LogP contribution in [0.1, 0.15) is 25.7 Å². The van der Waals surface area contributed by atoms with Crippen molar-refractivity contribution >= 4 is 34.8 Å². The van der Waals surface area contributed by atoms with Gasteiger partial charge in [-0.25, -0.2) is 0 Å². The highest BCUT2D eigenvalue weighted by Gasteiger charge is 2.33. The molecule has 2 heterocycles. The van der Waals surface area contributed by atoms with Crippen molar-refractivity contribution < 1.29 is 14.4 Å². The minimum Gasteiger partial charge on any atom is -0.342 e. The molecule has 1 saturated carbocycles. The second-order valence-corrected chi connectivity index (χ2v) is 7.89. The van der Waals surface area contributed by atoms with Crippen LogP contribution >= 0.6 is 0 Å².